The number of hydrogen-bond donors (Lipinski definition) is 0. The average Bonchev–Trinajstić information content (AvgIpc) is 2.85. The molecule has 1 saturated heterocycles. The zero-order valence-corrected chi connectivity index (χ0v) is 15.8. The van der Waals surface area contributed by atoms with Crippen molar-refractivity contribution in [2.75, 3.05) is 13.2 Å². The van der Waals surface area contributed by atoms with Gasteiger partial charge in [0.1, 0.15) is 18.0 Å². The molecule has 1 aliphatic heterocycles. The van der Waals surface area contributed by atoms with Gasteiger partial charge in [-0.1, -0.05) is 32.9 Å². The van der Waals surface area contributed by atoms with Gasteiger partial charge in [0, 0.05) is 6.54 Å². The first-order chi connectivity index (χ1) is 11.2. The van der Waals surface area contributed by atoms with Crippen molar-refractivity contribution in [2.45, 2.75) is 65.5 Å². The lowest BCUT2D eigenvalue weighted by Gasteiger charge is -2.29. The highest BCUT2D eigenvalue weighted by molar-refractivity contribution is 5.69. The van der Waals surface area contributed by atoms with Crippen LogP contribution in [0.1, 0.15) is 59.4 Å². The Morgan fingerprint density at radius 1 is 1.25 bits per heavy atom. The number of carbonyl (C=O) groups excluding carboxylic acids is 1. The summed E-state index contributed by atoms with van der Waals surface area (Å²) in [7, 11) is 0. The normalized spacial score (nSPS) is 21.2. The lowest BCUT2D eigenvalue weighted by Crippen LogP contribution is -2.43. The van der Waals surface area contributed by atoms with Crippen LogP contribution in [-0.4, -0.2) is 35.8 Å². The van der Waals surface area contributed by atoms with E-state index in [9.17, 15) is 4.79 Å². The number of nitrogens with zero attached hydrogens (tertiary/aromatic N) is 1. The zero-order chi connectivity index (χ0) is 17.9. The third-order valence-electron chi connectivity index (χ3n) is 4.48. The van der Waals surface area contributed by atoms with Gasteiger partial charge in [0.05, 0.1) is 6.04 Å². The molecule has 1 aromatic rings. The Bertz CT molecular complexity index is 545. The number of ether oxygens (including phenoxy) is 2. The van der Waals surface area contributed by atoms with Gasteiger partial charge in [-0.05, 0) is 56.7 Å². The second-order valence-corrected chi connectivity index (χ2v) is 8.04. The summed E-state index contributed by atoms with van der Waals surface area (Å²) in [5.41, 5.74) is 0.827. The largest absolute Gasteiger partial charge is 0.491 e. The summed E-state index contributed by atoms with van der Waals surface area (Å²) in [5, 5.41) is 0. The fraction of sp³-hybridized carbons (Fsp3) is 0.650. The minimum atomic E-state index is -0.471. The Morgan fingerprint density at radius 2 is 1.88 bits per heavy atom. The number of rotatable bonds is 4. The molecule has 0 saturated carbocycles. The summed E-state index contributed by atoms with van der Waals surface area (Å²) in [4.78, 5) is 14.2. The van der Waals surface area contributed by atoms with Crippen LogP contribution in [0.4, 0.5) is 4.79 Å². The Hall–Kier alpha value is -1.71. The van der Waals surface area contributed by atoms with E-state index in [0.717, 1.165) is 18.7 Å². The number of carbonyl (C=O) groups is 1. The fourth-order valence-corrected chi connectivity index (χ4v) is 2.94. The number of hydrogen-bond acceptors (Lipinski definition) is 3. The average molecular weight is 333 g/mol. The first kappa shape index (κ1) is 18.6. The van der Waals surface area contributed by atoms with Crippen molar-refractivity contribution < 1.29 is 14.3 Å². The van der Waals surface area contributed by atoms with Crippen LogP contribution in [0.2, 0.25) is 0 Å². The number of benzene rings is 1. The minimum absolute atomic E-state index is 0.0598. The molecule has 0 unspecified atom stereocenters. The molecule has 1 aromatic carbocycles. The van der Waals surface area contributed by atoms with Crippen LogP contribution in [0.25, 0.3) is 0 Å². The maximum atomic E-state index is 12.4. The molecular formula is C20H31NO3. The summed E-state index contributed by atoms with van der Waals surface area (Å²) in [6.45, 7) is 13.4. The van der Waals surface area contributed by atoms with Crippen LogP contribution < -0.4 is 4.74 Å². The van der Waals surface area contributed by atoms with Crippen molar-refractivity contribution >= 4 is 6.09 Å². The topological polar surface area (TPSA) is 38.8 Å². The fourth-order valence-electron chi connectivity index (χ4n) is 2.94. The van der Waals surface area contributed by atoms with Crippen molar-refractivity contribution in [1.82, 2.24) is 4.90 Å². The molecule has 4 heteroatoms. The van der Waals surface area contributed by atoms with E-state index in [1.165, 1.54) is 5.56 Å². The maximum absolute atomic E-state index is 12.4. The molecule has 0 radical (unpaired) electrons. The molecule has 1 fully saturated rings. The number of amides is 1. The molecule has 1 aliphatic rings. The van der Waals surface area contributed by atoms with E-state index < -0.39 is 5.60 Å². The Morgan fingerprint density at radius 3 is 2.42 bits per heavy atom. The second kappa shape index (κ2) is 7.45. The second-order valence-electron chi connectivity index (χ2n) is 8.04. The van der Waals surface area contributed by atoms with Gasteiger partial charge in [0.2, 0.25) is 0 Å². The van der Waals surface area contributed by atoms with Crippen molar-refractivity contribution in [3.8, 4) is 5.75 Å². The van der Waals surface area contributed by atoms with Crippen molar-refractivity contribution in [2.24, 2.45) is 5.92 Å². The van der Waals surface area contributed by atoms with Crippen LogP contribution in [0.3, 0.4) is 0 Å². The van der Waals surface area contributed by atoms with E-state index in [2.05, 4.69) is 32.9 Å². The molecule has 0 N–H and O–H groups in total. The third kappa shape index (κ3) is 4.89. The van der Waals surface area contributed by atoms with Gasteiger partial charge in [-0.3, -0.25) is 0 Å². The summed E-state index contributed by atoms with van der Waals surface area (Å²) >= 11 is 0. The molecular weight excluding hydrogens is 302 g/mol. The van der Waals surface area contributed by atoms with Crippen LogP contribution >= 0.6 is 0 Å². The molecule has 24 heavy (non-hydrogen) atoms. The molecule has 2 atom stereocenters. The first-order valence-corrected chi connectivity index (χ1v) is 8.90. The van der Waals surface area contributed by atoms with Gasteiger partial charge >= 0.3 is 6.09 Å². The molecule has 1 heterocycles. The SMILES string of the molecule is CC(C)c1ccc(OC[C@H]2[C@@H](C)CCN2C(=O)OC(C)(C)C)cc1. The Balaban J connectivity index is 1.97. The van der Waals surface area contributed by atoms with E-state index in [4.69, 9.17) is 9.47 Å². The van der Waals surface area contributed by atoms with Crippen molar-refractivity contribution in [3.05, 3.63) is 29.8 Å². The highest BCUT2D eigenvalue weighted by Gasteiger charge is 2.37. The van der Waals surface area contributed by atoms with Gasteiger partial charge < -0.3 is 14.4 Å². The van der Waals surface area contributed by atoms with Crippen LogP contribution in [-0.2, 0) is 4.74 Å². The van der Waals surface area contributed by atoms with Gasteiger partial charge in [0.25, 0.3) is 0 Å². The summed E-state index contributed by atoms with van der Waals surface area (Å²) < 4.78 is 11.5. The van der Waals surface area contributed by atoms with Gasteiger partial charge in [-0.2, -0.15) is 0 Å². The molecule has 0 aromatic heterocycles. The zero-order valence-electron chi connectivity index (χ0n) is 15.8. The van der Waals surface area contributed by atoms with Gasteiger partial charge in [-0.15, -0.1) is 0 Å². The molecule has 2 rings (SSSR count). The standard InChI is InChI=1S/C20H31NO3/c1-14(2)16-7-9-17(10-8-16)23-13-18-15(3)11-12-21(18)19(22)24-20(4,5)6/h7-10,14-15,18H,11-13H2,1-6H3/t15-,18-/m0/s1. The third-order valence-corrected chi connectivity index (χ3v) is 4.48. The lowest BCUT2D eigenvalue weighted by atomic mass is 10.0. The molecule has 1 amide bonds. The minimum Gasteiger partial charge on any atom is -0.491 e. The van der Waals surface area contributed by atoms with E-state index in [0.29, 0.717) is 18.4 Å². The predicted molar refractivity (Wildman–Crippen MR) is 96.5 cm³/mol. The molecule has 0 bridgehead atoms. The van der Waals surface area contributed by atoms with Crippen molar-refractivity contribution in [3.63, 3.8) is 0 Å². The quantitative estimate of drug-likeness (QED) is 0.792. The van der Waals surface area contributed by atoms with Crippen LogP contribution in [0.15, 0.2) is 24.3 Å². The maximum Gasteiger partial charge on any atom is 0.410 e. The summed E-state index contributed by atoms with van der Waals surface area (Å²) in [5.74, 6) is 1.77. The summed E-state index contributed by atoms with van der Waals surface area (Å²) in [6.07, 6.45) is 0.745. The Labute approximate surface area is 146 Å². The van der Waals surface area contributed by atoms with E-state index in [-0.39, 0.29) is 12.1 Å². The van der Waals surface area contributed by atoms with E-state index in [1.54, 1.807) is 0 Å². The van der Waals surface area contributed by atoms with Crippen LogP contribution in [0.5, 0.6) is 5.75 Å². The highest BCUT2D eigenvalue weighted by Crippen LogP contribution is 2.27. The monoisotopic (exact) mass is 333 g/mol. The highest BCUT2D eigenvalue weighted by atomic mass is 16.6. The summed E-state index contributed by atoms with van der Waals surface area (Å²) in [6, 6.07) is 8.28. The van der Waals surface area contributed by atoms with Gasteiger partial charge in [-0.25, -0.2) is 4.79 Å². The molecule has 134 valence electrons. The van der Waals surface area contributed by atoms with Crippen LogP contribution in [0, 0.1) is 5.92 Å². The smallest absolute Gasteiger partial charge is 0.410 e. The predicted octanol–water partition coefficient (Wildman–Crippen LogP) is 4.83. The van der Waals surface area contributed by atoms with Gasteiger partial charge in [0.15, 0.2) is 0 Å². The molecule has 4 nitrogen and oxygen atoms in total. The van der Waals surface area contributed by atoms with Crippen molar-refractivity contribution in [1.29, 1.82) is 0 Å². The Kier molecular flexibility index (Phi) is 5.79. The first-order valence-electron chi connectivity index (χ1n) is 8.90. The number of likely N-dealkylation sites (tertiary alicyclic amines) is 1. The lowest BCUT2D eigenvalue weighted by molar-refractivity contribution is 0.0164. The van der Waals surface area contributed by atoms with E-state index >= 15 is 0 Å². The molecule has 0 spiro atoms. The molecule has 0 aliphatic carbocycles. The van der Waals surface area contributed by atoms with E-state index in [1.807, 2.05) is 37.8 Å².